The molecule has 132 valence electrons. The number of anilines is 1. The maximum atomic E-state index is 12.8. The second-order valence-corrected chi connectivity index (χ2v) is 8.21. The van der Waals surface area contributed by atoms with Crippen molar-refractivity contribution in [3.8, 4) is 6.07 Å². The number of benzene rings is 2. The molecule has 0 saturated carbocycles. The normalized spacial score (nSPS) is 10.7. The number of aryl methyl sites for hydroxylation is 2. The summed E-state index contributed by atoms with van der Waals surface area (Å²) in [7, 11) is 0. The number of fused-ring (bicyclic) bond motifs is 1. The van der Waals surface area contributed by atoms with E-state index < -0.39 is 0 Å². The van der Waals surface area contributed by atoms with Crippen LogP contribution >= 0.6 is 23.1 Å². The number of nitrogens with zero attached hydrogens (tertiary/aromatic N) is 3. The summed E-state index contributed by atoms with van der Waals surface area (Å²) in [5.41, 5.74) is 4.13. The molecule has 1 aromatic heterocycles. The Morgan fingerprint density at radius 3 is 2.77 bits per heavy atom. The molecule has 2 aromatic carbocycles. The Morgan fingerprint density at radius 1 is 1.23 bits per heavy atom. The van der Waals surface area contributed by atoms with Crippen LogP contribution in [0.2, 0.25) is 0 Å². The highest BCUT2D eigenvalue weighted by atomic mass is 32.2. The molecule has 0 N–H and O–H groups in total. The Hall–Kier alpha value is -2.36. The Morgan fingerprint density at radius 2 is 2.04 bits per heavy atom. The number of hydrogen-bond donors (Lipinski definition) is 0. The molecule has 26 heavy (non-hydrogen) atoms. The van der Waals surface area contributed by atoms with Gasteiger partial charge < -0.3 is 4.90 Å². The van der Waals surface area contributed by atoms with Gasteiger partial charge in [-0.1, -0.05) is 30.0 Å². The number of nitriles is 1. The largest absolute Gasteiger partial charge is 0.311 e. The van der Waals surface area contributed by atoms with Crippen LogP contribution in [-0.2, 0) is 4.79 Å². The standard InChI is InChI=1S/C20H19N3OS2/c1-14-8-9-16(12-15(14)2)23(11-5-10-21)19(24)13-25-20-22-17-6-3-4-7-18(17)26-20/h3-4,6-9,12H,5,11,13H2,1-2H3. The summed E-state index contributed by atoms with van der Waals surface area (Å²) in [5.74, 6) is 0.297. The maximum Gasteiger partial charge on any atom is 0.237 e. The minimum Gasteiger partial charge on any atom is -0.311 e. The lowest BCUT2D eigenvalue weighted by Crippen LogP contribution is -2.33. The third-order valence-electron chi connectivity index (χ3n) is 4.14. The van der Waals surface area contributed by atoms with Crippen LogP contribution in [0.5, 0.6) is 0 Å². The topological polar surface area (TPSA) is 57.0 Å². The number of para-hydroxylation sites is 1. The van der Waals surface area contributed by atoms with Gasteiger partial charge in [0.15, 0.2) is 4.34 Å². The van der Waals surface area contributed by atoms with Crippen molar-refractivity contribution in [2.24, 2.45) is 0 Å². The number of thioether (sulfide) groups is 1. The average molecular weight is 382 g/mol. The lowest BCUT2D eigenvalue weighted by Gasteiger charge is -2.22. The first kappa shape index (κ1) is 18.4. The third-order valence-corrected chi connectivity index (χ3v) is 6.31. The smallest absolute Gasteiger partial charge is 0.237 e. The van der Waals surface area contributed by atoms with Gasteiger partial charge >= 0.3 is 0 Å². The van der Waals surface area contributed by atoms with E-state index in [1.54, 1.807) is 16.2 Å². The molecule has 0 atom stereocenters. The highest BCUT2D eigenvalue weighted by Gasteiger charge is 2.17. The summed E-state index contributed by atoms with van der Waals surface area (Å²) in [6, 6.07) is 16.1. The zero-order chi connectivity index (χ0) is 18.5. The van der Waals surface area contributed by atoms with E-state index in [1.165, 1.54) is 17.3 Å². The van der Waals surface area contributed by atoms with Crippen molar-refractivity contribution in [2.75, 3.05) is 17.2 Å². The Kier molecular flexibility index (Phi) is 5.92. The molecule has 0 aliphatic heterocycles. The molecule has 3 aromatic rings. The van der Waals surface area contributed by atoms with E-state index in [4.69, 9.17) is 5.26 Å². The van der Waals surface area contributed by atoms with Gasteiger partial charge in [-0.25, -0.2) is 4.98 Å². The fourth-order valence-corrected chi connectivity index (χ4v) is 4.51. The molecule has 0 radical (unpaired) electrons. The number of carbonyl (C=O) groups is 1. The van der Waals surface area contributed by atoms with Crippen molar-refractivity contribution in [2.45, 2.75) is 24.6 Å². The zero-order valence-electron chi connectivity index (χ0n) is 14.7. The summed E-state index contributed by atoms with van der Waals surface area (Å²) >= 11 is 3.05. The molecule has 0 saturated heterocycles. The molecule has 1 amide bonds. The van der Waals surface area contributed by atoms with Gasteiger partial charge in [0, 0.05) is 12.2 Å². The lowest BCUT2D eigenvalue weighted by atomic mass is 10.1. The van der Waals surface area contributed by atoms with E-state index in [-0.39, 0.29) is 5.91 Å². The summed E-state index contributed by atoms with van der Waals surface area (Å²) < 4.78 is 2.01. The van der Waals surface area contributed by atoms with Crippen LogP contribution in [0.15, 0.2) is 46.8 Å². The highest BCUT2D eigenvalue weighted by Crippen LogP contribution is 2.30. The van der Waals surface area contributed by atoms with Gasteiger partial charge in [0.25, 0.3) is 0 Å². The number of rotatable bonds is 6. The van der Waals surface area contributed by atoms with Crippen molar-refractivity contribution >= 4 is 44.9 Å². The second kappa shape index (κ2) is 8.35. The number of carbonyl (C=O) groups excluding carboxylic acids is 1. The molecule has 0 bridgehead atoms. The molecule has 4 nitrogen and oxygen atoms in total. The van der Waals surface area contributed by atoms with Crippen molar-refractivity contribution in [1.29, 1.82) is 5.26 Å². The SMILES string of the molecule is Cc1ccc(N(CCC#N)C(=O)CSc2nc3ccccc3s2)cc1C. The van der Waals surface area contributed by atoms with E-state index in [0.717, 1.165) is 25.8 Å². The number of thiazole rings is 1. The van der Waals surface area contributed by atoms with Crippen LogP contribution in [0.25, 0.3) is 10.2 Å². The van der Waals surface area contributed by atoms with Crippen molar-refractivity contribution in [3.63, 3.8) is 0 Å². The molecule has 0 aliphatic carbocycles. The molecule has 0 fully saturated rings. The summed E-state index contributed by atoms with van der Waals surface area (Å²) in [4.78, 5) is 19.1. The van der Waals surface area contributed by atoms with Gasteiger partial charge in [0.1, 0.15) is 0 Å². The highest BCUT2D eigenvalue weighted by molar-refractivity contribution is 8.01. The molecule has 3 rings (SSSR count). The molecular formula is C20H19N3OS2. The Balaban J connectivity index is 1.74. The summed E-state index contributed by atoms with van der Waals surface area (Å²) in [5, 5.41) is 8.93. The molecule has 0 spiro atoms. The molecule has 6 heteroatoms. The van der Waals surface area contributed by atoms with Gasteiger partial charge in [-0.15, -0.1) is 11.3 Å². The molecular weight excluding hydrogens is 362 g/mol. The maximum absolute atomic E-state index is 12.8. The predicted octanol–water partition coefficient (Wildman–Crippen LogP) is 4.95. The predicted molar refractivity (Wildman–Crippen MR) is 109 cm³/mol. The molecule has 1 heterocycles. The van der Waals surface area contributed by atoms with Crippen LogP contribution in [0.1, 0.15) is 17.5 Å². The van der Waals surface area contributed by atoms with Gasteiger partial charge in [0.2, 0.25) is 5.91 Å². The van der Waals surface area contributed by atoms with Gasteiger partial charge in [-0.2, -0.15) is 5.26 Å². The van der Waals surface area contributed by atoms with E-state index in [0.29, 0.717) is 18.7 Å². The van der Waals surface area contributed by atoms with Gasteiger partial charge in [-0.05, 0) is 49.2 Å². The van der Waals surface area contributed by atoms with Crippen LogP contribution < -0.4 is 4.90 Å². The second-order valence-electron chi connectivity index (χ2n) is 5.96. The molecule has 0 unspecified atom stereocenters. The first-order valence-corrected chi connectivity index (χ1v) is 10.1. The number of hydrogen-bond acceptors (Lipinski definition) is 5. The fourth-order valence-electron chi connectivity index (χ4n) is 2.57. The minimum atomic E-state index is -0.00670. The number of amides is 1. The van der Waals surface area contributed by atoms with E-state index >= 15 is 0 Å². The van der Waals surface area contributed by atoms with Crippen molar-refractivity contribution in [3.05, 3.63) is 53.6 Å². The first-order chi connectivity index (χ1) is 12.6. The van der Waals surface area contributed by atoms with Crippen LogP contribution in [0, 0.1) is 25.2 Å². The third kappa shape index (κ3) is 4.24. The monoisotopic (exact) mass is 381 g/mol. The quantitative estimate of drug-likeness (QED) is 0.567. The minimum absolute atomic E-state index is 0.00670. The number of aromatic nitrogens is 1. The van der Waals surface area contributed by atoms with Gasteiger partial charge in [0.05, 0.1) is 28.5 Å². The van der Waals surface area contributed by atoms with Crippen molar-refractivity contribution in [1.82, 2.24) is 4.98 Å². The zero-order valence-corrected chi connectivity index (χ0v) is 16.4. The Bertz CT molecular complexity index is 942. The van der Waals surface area contributed by atoms with E-state index in [1.807, 2.05) is 56.3 Å². The van der Waals surface area contributed by atoms with Crippen LogP contribution in [0.4, 0.5) is 5.69 Å². The van der Waals surface area contributed by atoms with Gasteiger partial charge in [-0.3, -0.25) is 4.79 Å². The fraction of sp³-hybridized carbons (Fsp3) is 0.250. The van der Waals surface area contributed by atoms with E-state index in [9.17, 15) is 4.79 Å². The van der Waals surface area contributed by atoms with E-state index in [2.05, 4.69) is 11.1 Å². The van der Waals surface area contributed by atoms with Crippen LogP contribution in [-0.4, -0.2) is 23.2 Å². The average Bonchev–Trinajstić information content (AvgIpc) is 3.06. The summed E-state index contributed by atoms with van der Waals surface area (Å²) in [6.07, 6.45) is 0.310. The van der Waals surface area contributed by atoms with Crippen molar-refractivity contribution < 1.29 is 4.79 Å². The van der Waals surface area contributed by atoms with Crippen LogP contribution in [0.3, 0.4) is 0 Å². The first-order valence-electron chi connectivity index (χ1n) is 8.31. The molecule has 0 aliphatic rings. The summed E-state index contributed by atoms with van der Waals surface area (Å²) in [6.45, 7) is 4.48. The Labute approximate surface area is 161 Å². The lowest BCUT2D eigenvalue weighted by molar-refractivity contribution is -0.116.